The number of amides is 1. The lowest BCUT2D eigenvalue weighted by atomic mass is 9.91. The molecule has 13 heavy (non-hydrogen) atoms. The van der Waals surface area contributed by atoms with E-state index in [1.807, 2.05) is 25.1 Å². The van der Waals surface area contributed by atoms with Crippen molar-refractivity contribution in [1.29, 1.82) is 0 Å². The van der Waals surface area contributed by atoms with Gasteiger partial charge in [0.15, 0.2) is 0 Å². The number of rotatable bonds is 3. The quantitative estimate of drug-likeness (QED) is 0.671. The third-order valence-electron chi connectivity index (χ3n) is 2.01. The van der Waals surface area contributed by atoms with Crippen LogP contribution in [-0.4, -0.2) is 13.8 Å². The molecule has 0 aliphatic heterocycles. The van der Waals surface area contributed by atoms with E-state index in [0.717, 1.165) is 16.7 Å². The number of hydrogen-bond donors (Lipinski definition) is 1. The number of benzene rings is 1. The summed E-state index contributed by atoms with van der Waals surface area (Å²) in [5.41, 5.74) is 8.23. The van der Waals surface area contributed by atoms with E-state index in [1.54, 1.807) is 0 Å². The maximum atomic E-state index is 10.6. The fraction of sp³-hybridized carbons (Fsp3) is 0.300. The highest BCUT2D eigenvalue weighted by Gasteiger charge is 2.01. The minimum absolute atomic E-state index is 0.285. The molecule has 1 amide bonds. The Morgan fingerprint density at radius 2 is 2.23 bits per heavy atom. The predicted molar refractivity (Wildman–Crippen MR) is 53.5 cm³/mol. The van der Waals surface area contributed by atoms with Crippen LogP contribution in [0.25, 0.3) is 0 Å². The third kappa shape index (κ3) is 2.62. The van der Waals surface area contributed by atoms with Crippen LogP contribution in [-0.2, 0) is 17.5 Å². The highest BCUT2D eigenvalue weighted by molar-refractivity contribution is 6.08. The molecule has 2 nitrogen and oxygen atoms in total. The van der Waals surface area contributed by atoms with Crippen LogP contribution in [0.1, 0.15) is 16.7 Å². The van der Waals surface area contributed by atoms with Gasteiger partial charge in [0.25, 0.3) is 0 Å². The van der Waals surface area contributed by atoms with Crippen molar-refractivity contribution in [3.05, 3.63) is 34.9 Å². The van der Waals surface area contributed by atoms with Crippen LogP contribution in [0.3, 0.4) is 0 Å². The standard InChI is InChI=1S/C10H12BNO/c1-7-2-3-8(5-10(12)13)4-9(7)6-11/h2-4H,5-6H2,1H3,(H2,12,13). The second kappa shape index (κ2) is 4.12. The van der Waals surface area contributed by atoms with E-state index in [9.17, 15) is 4.79 Å². The summed E-state index contributed by atoms with van der Waals surface area (Å²) < 4.78 is 0. The smallest absolute Gasteiger partial charge is 0.221 e. The van der Waals surface area contributed by atoms with Gasteiger partial charge in [-0.2, -0.15) is 0 Å². The summed E-state index contributed by atoms with van der Waals surface area (Å²) in [6, 6.07) is 5.79. The zero-order valence-corrected chi connectivity index (χ0v) is 7.71. The molecule has 0 fully saturated rings. The zero-order valence-electron chi connectivity index (χ0n) is 7.71. The molecule has 1 aromatic carbocycles. The number of nitrogens with two attached hydrogens (primary N) is 1. The molecule has 2 radical (unpaired) electrons. The van der Waals surface area contributed by atoms with Gasteiger partial charge in [0.2, 0.25) is 5.91 Å². The van der Waals surface area contributed by atoms with E-state index in [0.29, 0.717) is 6.32 Å². The molecule has 0 saturated carbocycles. The molecule has 0 saturated heterocycles. The van der Waals surface area contributed by atoms with Crippen molar-refractivity contribution in [2.45, 2.75) is 19.7 Å². The molecule has 66 valence electrons. The first-order chi connectivity index (χ1) is 6.13. The first-order valence-corrected chi connectivity index (χ1v) is 4.20. The van der Waals surface area contributed by atoms with Gasteiger partial charge in [-0.05, 0) is 18.1 Å². The number of aryl methyl sites for hydroxylation is 1. The third-order valence-corrected chi connectivity index (χ3v) is 2.01. The molecule has 1 rings (SSSR count). The van der Waals surface area contributed by atoms with Gasteiger partial charge in [0.05, 0.1) is 14.3 Å². The van der Waals surface area contributed by atoms with Crippen LogP contribution in [0.15, 0.2) is 18.2 Å². The average molecular weight is 173 g/mol. The molecule has 0 bridgehead atoms. The van der Waals surface area contributed by atoms with Crippen molar-refractivity contribution in [3.63, 3.8) is 0 Å². The van der Waals surface area contributed by atoms with Crippen molar-refractivity contribution in [2.75, 3.05) is 0 Å². The number of hydrogen-bond acceptors (Lipinski definition) is 1. The van der Waals surface area contributed by atoms with E-state index >= 15 is 0 Å². The summed E-state index contributed by atoms with van der Waals surface area (Å²) in [7, 11) is 5.53. The molecule has 1 aromatic rings. The number of carbonyl (C=O) groups is 1. The van der Waals surface area contributed by atoms with E-state index in [2.05, 4.69) is 0 Å². The molecule has 0 heterocycles. The largest absolute Gasteiger partial charge is 0.369 e. The first-order valence-electron chi connectivity index (χ1n) is 4.20. The Bertz CT molecular complexity index is 323. The zero-order chi connectivity index (χ0) is 9.84. The average Bonchev–Trinajstić information content (AvgIpc) is 2.07. The molecule has 2 N–H and O–H groups in total. The van der Waals surface area contributed by atoms with Gasteiger partial charge in [0.1, 0.15) is 0 Å². The van der Waals surface area contributed by atoms with Crippen molar-refractivity contribution in [1.82, 2.24) is 0 Å². The Hall–Kier alpha value is -1.25. The molecule has 0 aliphatic rings. The van der Waals surface area contributed by atoms with Crippen molar-refractivity contribution in [3.8, 4) is 0 Å². The van der Waals surface area contributed by atoms with Crippen LogP contribution < -0.4 is 5.73 Å². The lowest BCUT2D eigenvalue weighted by Gasteiger charge is -2.05. The van der Waals surface area contributed by atoms with Crippen molar-refractivity contribution in [2.24, 2.45) is 5.73 Å². The molecular weight excluding hydrogens is 161 g/mol. The monoisotopic (exact) mass is 173 g/mol. The summed E-state index contributed by atoms with van der Waals surface area (Å²) in [6.45, 7) is 2.00. The molecule has 0 unspecified atom stereocenters. The number of primary amides is 1. The normalized spacial score (nSPS) is 9.92. The minimum atomic E-state index is -0.313. The molecular formula is C10H12BNO. The van der Waals surface area contributed by atoms with Crippen LogP contribution in [0.4, 0.5) is 0 Å². The lowest BCUT2D eigenvalue weighted by molar-refractivity contribution is -0.117. The molecule has 0 aliphatic carbocycles. The SMILES string of the molecule is [B]Cc1cc(CC(N)=O)ccc1C. The molecule has 0 spiro atoms. The Morgan fingerprint density at radius 1 is 1.54 bits per heavy atom. The van der Waals surface area contributed by atoms with Crippen LogP contribution in [0.2, 0.25) is 0 Å². The van der Waals surface area contributed by atoms with Gasteiger partial charge in [-0.25, -0.2) is 0 Å². The van der Waals surface area contributed by atoms with Gasteiger partial charge in [-0.3, -0.25) is 4.79 Å². The fourth-order valence-corrected chi connectivity index (χ4v) is 1.26. The van der Waals surface area contributed by atoms with E-state index in [1.165, 1.54) is 0 Å². The van der Waals surface area contributed by atoms with E-state index in [-0.39, 0.29) is 12.3 Å². The van der Waals surface area contributed by atoms with Gasteiger partial charge < -0.3 is 5.73 Å². The van der Waals surface area contributed by atoms with Crippen LogP contribution >= 0.6 is 0 Å². The second-order valence-electron chi connectivity index (χ2n) is 3.11. The maximum Gasteiger partial charge on any atom is 0.221 e. The fourth-order valence-electron chi connectivity index (χ4n) is 1.26. The van der Waals surface area contributed by atoms with Gasteiger partial charge in [-0.15, -0.1) is 0 Å². The van der Waals surface area contributed by atoms with Gasteiger partial charge in [0, 0.05) is 0 Å². The van der Waals surface area contributed by atoms with Crippen LogP contribution in [0.5, 0.6) is 0 Å². The Morgan fingerprint density at radius 3 is 2.77 bits per heavy atom. The Labute approximate surface area is 79.5 Å². The maximum absolute atomic E-state index is 10.6. The van der Waals surface area contributed by atoms with E-state index in [4.69, 9.17) is 13.6 Å². The molecule has 0 atom stereocenters. The van der Waals surface area contributed by atoms with Crippen molar-refractivity contribution < 1.29 is 4.79 Å². The molecule has 0 aromatic heterocycles. The summed E-state index contributed by atoms with van der Waals surface area (Å²) in [4.78, 5) is 10.6. The highest BCUT2D eigenvalue weighted by atomic mass is 16.1. The topological polar surface area (TPSA) is 43.1 Å². The Kier molecular flexibility index (Phi) is 3.12. The lowest BCUT2D eigenvalue weighted by Crippen LogP contribution is -2.13. The van der Waals surface area contributed by atoms with Gasteiger partial charge >= 0.3 is 0 Å². The molecule has 3 heteroatoms. The van der Waals surface area contributed by atoms with Gasteiger partial charge in [-0.1, -0.05) is 30.1 Å². The summed E-state index contributed by atoms with van der Waals surface area (Å²) in [6.07, 6.45) is 0.783. The minimum Gasteiger partial charge on any atom is -0.369 e. The number of carbonyl (C=O) groups excluding carboxylic acids is 1. The van der Waals surface area contributed by atoms with Crippen LogP contribution in [0, 0.1) is 6.92 Å². The summed E-state index contributed by atoms with van der Waals surface area (Å²) >= 11 is 0. The highest BCUT2D eigenvalue weighted by Crippen LogP contribution is 2.11. The first kappa shape index (κ1) is 9.84. The summed E-state index contributed by atoms with van der Waals surface area (Å²) in [5.74, 6) is -0.313. The van der Waals surface area contributed by atoms with E-state index < -0.39 is 0 Å². The second-order valence-corrected chi connectivity index (χ2v) is 3.11. The Balaban J connectivity index is 2.92. The predicted octanol–water partition coefficient (Wildman–Crippen LogP) is 0.691. The summed E-state index contributed by atoms with van der Waals surface area (Å²) in [5, 5.41) is 0. The van der Waals surface area contributed by atoms with Crippen molar-refractivity contribution >= 4 is 13.8 Å².